The van der Waals surface area contributed by atoms with Gasteiger partial charge in [0.2, 0.25) is 10.0 Å². The number of hydrogen-bond acceptors (Lipinski definition) is 5. The lowest BCUT2D eigenvalue weighted by Crippen LogP contribution is -2.48. The number of H-pyrrole nitrogens is 1. The van der Waals surface area contributed by atoms with Gasteiger partial charge in [-0.15, -0.1) is 0 Å². The van der Waals surface area contributed by atoms with Crippen LogP contribution in [-0.2, 0) is 16.6 Å². The van der Waals surface area contributed by atoms with Crippen LogP contribution in [0.5, 0.6) is 5.75 Å². The Kier molecular flexibility index (Phi) is 4.62. The van der Waals surface area contributed by atoms with Crippen LogP contribution in [0.15, 0.2) is 29.1 Å². The van der Waals surface area contributed by atoms with Crippen molar-refractivity contribution < 1.29 is 13.2 Å². The first-order chi connectivity index (χ1) is 11.4. The molecule has 130 valence electrons. The van der Waals surface area contributed by atoms with E-state index in [1.54, 1.807) is 13.2 Å². The Bertz CT molecular complexity index is 899. The third-order valence-corrected chi connectivity index (χ3v) is 5.63. The third kappa shape index (κ3) is 3.61. The second kappa shape index (κ2) is 6.54. The van der Waals surface area contributed by atoms with Crippen LogP contribution in [-0.4, -0.2) is 62.2 Å². The third-order valence-electron chi connectivity index (χ3n) is 4.32. The van der Waals surface area contributed by atoms with Crippen molar-refractivity contribution in [3.05, 3.63) is 40.2 Å². The highest BCUT2D eigenvalue weighted by atomic mass is 32.2. The van der Waals surface area contributed by atoms with Gasteiger partial charge in [-0.3, -0.25) is 9.69 Å². The number of aromatic nitrogens is 1. The molecule has 7 nitrogen and oxygen atoms in total. The molecular weight excluding hydrogens is 330 g/mol. The summed E-state index contributed by atoms with van der Waals surface area (Å²) in [6.45, 7) is 2.66. The van der Waals surface area contributed by atoms with Crippen molar-refractivity contribution in [2.45, 2.75) is 6.54 Å². The predicted octanol–water partition coefficient (Wildman–Crippen LogP) is 0.614. The minimum atomic E-state index is -3.14. The molecule has 1 saturated heterocycles. The molecule has 1 N–H and O–H groups in total. The molecule has 1 aromatic carbocycles. The van der Waals surface area contributed by atoms with Crippen LogP contribution in [0.4, 0.5) is 0 Å². The van der Waals surface area contributed by atoms with Gasteiger partial charge in [-0.25, -0.2) is 8.42 Å². The quantitative estimate of drug-likeness (QED) is 0.873. The summed E-state index contributed by atoms with van der Waals surface area (Å²) >= 11 is 0. The van der Waals surface area contributed by atoms with Crippen LogP contribution in [0.25, 0.3) is 10.9 Å². The Morgan fingerprint density at radius 2 is 1.88 bits per heavy atom. The summed E-state index contributed by atoms with van der Waals surface area (Å²) in [6.07, 6.45) is 1.23. The summed E-state index contributed by atoms with van der Waals surface area (Å²) < 4.78 is 29.7. The van der Waals surface area contributed by atoms with Gasteiger partial charge in [0.25, 0.3) is 5.56 Å². The minimum Gasteiger partial charge on any atom is -0.497 e. The van der Waals surface area contributed by atoms with E-state index < -0.39 is 10.0 Å². The monoisotopic (exact) mass is 351 g/mol. The molecule has 1 fully saturated rings. The van der Waals surface area contributed by atoms with E-state index in [4.69, 9.17) is 4.74 Å². The lowest BCUT2D eigenvalue weighted by molar-refractivity contribution is 0.181. The fraction of sp³-hybridized carbons (Fsp3) is 0.438. The van der Waals surface area contributed by atoms with Crippen LogP contribution in [0.2, 0.25) is 0 Å². The Morgan fingerprint density at radius 1 is 1.17 bits per heavy atom. The number of sulfonamides is 1. The molecule has 3 rings (SSSR count). The number of benzene rings is 1. The number of piperazine rings is 1. The maximum Gasteiger partial charge on any atom is 0.252 e. The van der Waals surface area contributed by atoms with Crippen molar-refractivity contribution in [1.29, 1.82) is 0 Å². The van der Waals surface area contributed by atoms with Crippen molar-refractivity contribution >= 4 is 20.9 Å². The van der Waals surface area contributed by atoms with Gasteiger partial charge in [-0.05, 0) is 23.6 Å². The second-order valence-corrected chi connectivity index (χ2v) is 8.00. The number of pyridine rings is 1. The van der Waals surface area contributed by atoms with Gasteiger partial charge in [0.1, 0.15) is 5.75 Å². The van der Waals surface area contributed by atoms with Gasteiger partial charge in [0.05, 0.1) is 18.9 Å². The maximum absolute atomic E-state index is 12.3. The highest BCUT2D eigenvalue weighted by molar-refractivity contribution is 7.88. The zero-order valence-corrected chi connectivity index (χ0v) is 14.6. The van der Waals surface area contributed by atoms with Gasteiger partial charge in [-0.1, -0.05) is 0 Å². The van der Waals surface area contributed by atoms with Crippen molar-refractivity contribution in [3.63, 3.8) is 0 Å². The Labute approximate surface area is 140 Å². The number of nitrogens with zero attached hydrogens (tertiary/aromatic N) is 2. The van der Waals surface area contributed by atoms with Gasteiger partial charge >= 0.3 is 0 Å². The van der Waals surface area contributed by atoms with Crippen molar-refractivity contribution in [2.24, 2.45) is 0 Å². The van der Waals surface area contributed by atoms with Crippen LogP contribution >= 0.6 is 0 Å². The van der Waals surface area contributed by atoms with Crippen molar-refractivity contribution in [1.82, 2.24) is 14.2 Å². The average molecular weight is 351 g/mol. The van der Waals surface area contributed by atoms with Crippen molar-refractivity contribution in [3.8, 4) is 5.75 Å². The Balaban J connectivity index is 1.76. The zero-order chi connectivity index (χ0) is 17.3. The van der Waals surface area contributed by atoms with E-state index in [1.165, 1.54) is 10.6 Å². The predicted molar refractivity (Wildman–Crippen MR) is 92.8 cm³/mol. The molecule has 0 spiro atoms. The molecule has 0 atom stereocenters. The summed E-state index contributed by atoms with van der Waals surface area (Å²) in [5, 5.41) is 0.945. The number of fused-ring (bicyclic) bond motifs is 1. The maximum atomic E-state index is 12.3. The first-order valence-electron chi connectivity index (χ1n) is 7.74. The van der Waals surface area contributed by atoms with Gasteiger partial charge in [-0.2, -0.15) is 4.31 Å². The van der Waals surface area contributed by atoms with Crippen LogP contribution in [0.3, 0.4) is 0 Å². The number of methoxy groups -OCH3 is 1. The summed E-state index contributed by atoms with van der Waals surface area (Å²) in [7, 11) is -1.55. The molecule has 0 amide bonds. The lowest BCUT2D eigenvalue weighted by Gasteiger charge is -2.33. The zero-order valence-electron chi connectivity index (χ0n) is 13.8. The minimum absolute atomic E-state index is 0.124. The SMILES string of the molecule is COc1ccc2cc(CN3CCN(S(C)(=O)=O)CC3)c(=O)[nH]c2c1. The highest BCUT2D eigenvalue weighted by Gasteiger charge is 2.23. The number of rotatable bonds is 4. The van der Waals surface area contributed by atoms with E-state index in [1.807, 2.05) is 18.2 Å². The normalized spacial score (nSPS) is 17.2. The van der Waals surface area contributed by atoms with E-state index in [2.05, 4.69) is 9.88 Å². The molecule has 2 heterocycles. The molecule has 0 unspecified atom stereocenters. The Morgan fingerprint density at radius 3 is 2.50 bits per heavy atom. The highest BCUT2D eigenvalue weighted by Crippen LogP contribution is 2.19. The molecule has 24 heavy (non-hydrogen) atoms. The van der Waals surface area contributed by atoms with E-state index in [-0.39, 0.29) is 5.56 Å². The first kappa shape index (κ1) is 16.9. The standard InChI is InChI=1S/C16H21N3O4S/c1-23-14-4-3-12-9-13(16(20)17-15(12)10-14)11-18-5-7-19(8-6-18)24(2,21)22/h3-4,9-10H,5-8,11H2,1-2H3,(H,17,20). The molecule has 2 aromatic rings. The number of aromatic amines is 1. The number of hydrogen-bond donors (Lipinski definition) is 1. The molecule has 0 saturated carbocycles. The largest absolute Gasteiger partial charge is 0.497 e. The second-order valence-electron chi connectivity index (χ2n) is 6.02. The van der Waals surface area contributed by atoms with Crippen LogP contribution < -0.4 is 10.3 Å². The molecule has 0 radical (unpaired) electrons. The van der Waals surface area contributed by atoms with Crippen LogP contribution in [0, 0.1) is 0 Å². The molecule has 0 aliphatic carbocycles. The number of ether oxygens (including phenoxy) is 1. The smallest absolute Gasteiger partial charge is 0.252 e. The molecular formula is C16H21N3O4S. The molecule has 1 aliphatic heterocycles. The molecule has 8 heteroatoms. The van der Waals surface area contributed by atoms with Gasteiger partial charge in [0.15, 0.2) is 0 Å². The van der Waals surface area contributed by atoms with E-state index >= 15 is 0 Å². The Hall–Kier alpha value is -1.90. The molecule has 1 aromatic heterocycles. The van der Waals surface area contributed by atoms with E-state index in [9.17, 15) is 13.2 Å². The lowest BCUT2D eigenvalue weighted by atomic mass is 10.1. The topological polar surface area (TPSA) is 82.7 Å². The van der Waals surface area contributed by atoms with Crippen LogP contribution in [0.1, 0.15) is 5.56 Å². The summed E-state index contributed by atoms with van der Waals surface area (Å²) in [4.78, 5) is 17.3. The number of nitrogens with one attached hydrogen (secondary N) is 1. The fourth-order valence-electron chi connectivity index (χ4n) is 2.93. The summed E-state index contributed by atoms with van der Waals surface area (Å²) in [5.74, 6) is 0.697. The van der Waals surface area contributed by atoms with Gasteiger partial charge < -0.3 is 9.72 Å². The molecule has 1 aliphatic rings. The summed E-state index contributed by atoms with van der Waals surface area (Å²) in [5.41, 5.74) is 1.30. The fourth-order valence-corrected chi connectivity index (χ4v) is 3.76. The van der Waals surface area contributed by atoms with E-state index in [0.29, 0.717) is 44.0 Å². The first-order valence-corrected chi connectivity index (χ1v) is 9.59. The average Bonchev–Trinajstić information content (AvgIpc) is 2.55. The van der Waals surface area contributed by atoms with Crippen molar-refractivity contribution in [2.75, 3.05) is 39.5 Å². The van der Waals surface area contributed by atoms with Gasteiger partial charge in [0, 0.05) is 44.4 Å². The molecule has 0 bridgehead atoms. The summed E-state index contributed by atoms with van der Waals surface area (Å²) in [6, 6.07) is 7.45. The van der Waals surface area contributed by atoms with E-state index in [0.717, 1.165) is 10.9 Å².